The van der Waals surface area contributed by atoms with Gasteiger partial charge in [-0.2, -0.15) is 5.10 Å². The van der Waals surface area contributed by atoms with Crippen molar-refractivity contribution in [3.63, 3.8) is 0 Å². The Bertz CT molecular complexity index is 1120. The van der Waals surface area contributed by atoms with Crippen LogP contribution in [0.1, 0.15) is 21.5 Å². The molecule has 2 N–H and O–H groups in total. The average molecular weight is 454 g/mol. The topological polar surface area (TPSA) is 71.9 Å². The van der Waals surface area contributed by atoms with Crippen molar-refractivity contribution in [1.29, 1.82) is 0 Å². The first-order valence-electron chi connectivity index (χ1n) is 9.27. The minimum Gasteiger partial charge on any atom is -0.493 e. The summed E-state index contributed by atoms with van der Waals surface area (Å²) < 4.78 is 10.8. The number of hydrazone groups is 1. The van der Waals surface area contributed by atoms with Crippen molar-refractivity contribution in [2.75, 3.05) is 12.4 Å². The number of carbonyl (C=O) groups is 1. The number of rotatable bonds is 6. The third kappa shape index (κ3) is 6.53. The normalized spacial score (nSPS) is 10.5. The molecule has 0 aliphatic heterocycles. The molecule has 0 aliphatic rings. The molecule has 0 spiro atoms. The summed E-state index contributed by atoms with van der Waals surface area (Å²) in [5.41, 5.74) is 5.73. The summed E-state index contributed by atoms with van der Waals surface area (Å²) in [5.74, 6) is 0.263. The van der Waals surface area contributed by atoms with E-state index in [1.54, 1.807) is 48.7 Å². The summed E-state index contributed by atoms with van der Waals surface area (Å²) in [6, 6.07) is 19.4. The maximum Gasteiger partial charge on any atom is 0.343 e. The second-order valence-corrected chi connectivity index (χ2v) is 7.34. The third-order valence-corrected chi connectivity index (χ3v) is 4.57. The summed E-state index contributed by atoms with van der Waals surface area (Å²) in [4.78, 5) is 12.4. The quantitative estimate of drug-likeness (QED) is 0.176. The van der Waals surface area contributed by atoms with Crippen molar-refractivity contribution >= 4 is 46.8 Å². The molecule has 0 unspecified atom stereocenters. The molecule has 3 aromatic carbocycles. The van der Waals surface area contributed by atoms with Crippen molar-refractivity contribution in [3.05, 3.63) is 88.4 Å². The fraction of sp³-hybridized carbons (Fsp3) is 0.0870. The van der Waals surface area contributed by atoms with Gasteiger partial charge in [-0.3, -0.25) is 5.43 Å². The molecule has 0 heterocycles. The molecular weight excluding hydrogens is 434 g/mol. The zero-order valence-corrected chi connectivity index (χ0v) is 18.5. The van der Waals surface area contributed by atoms with Crippen LogP contribution in [0.5, 0.6) is 11.5 Å². The lowest BCUT2D eigenvalue weighted by molar-refractivity contribution is 0.0729. The summed E-state index contributed by atoms with van der Waals surface area (Å²) in [6.45, 7) is 1.95. The number of ether oxygens (including phenoxy) is 2. The van der Waals surface area contributed by atoms with E-state index in [1.807, 2.05) is 31.2 Å². The van der Waals surface area contributed by atoms with Crippen molar-refractivity contribution in [2.45, 2.75) is 6.92 Å². The number of aryl methyl sites for hydroxylation is 1. The minimum atomic E-state index is -0.459. The molecule has 8 heteroatoms. The summed E-state index contributed by atoms with van der Waals surface area (Å²) in [5, 5.41) is 8.01. The lowest BCUT2D eigenvalue weighted by atomic mass is 10.1. The highest BCUT2D eigenvalue weighted by Crippen LogP contribution is 2.28. The molecule has 0 fully saturated rings. The van der Waals surface area contributed by atoms with Gasteiger partial charge in [0.05, 0.1) is 18.9 Å². The highest BCUT2D eigenvalue weighted by molar-refractivity contribution is 7.80. The monoisotopic (exact) mass is 453 g/mol. The number of nitrogens with one attached hydrogen (secondary N) is 2. The number of hydrogen-bond donors (Lipinski definition) is 2. The number of nitrogens with zero attached hydrogens (tertiary/aromatic N) is 1. The average Bonchev–Trinajstić information content (AvgIpc) is 2.75. The van der Waals surface area contributed by atoms with Crippen LogP contribution in [-0.4, -0.2) is 24.4 Å². The van der Waals surface area contributed by atoms with Crippen LogP contribution in [-0.2, 0) is 0 Å². The van der Waals surface area contributed by atoms with E-state index in [1.165, 1.54) is 7.11 Å². The van der Waals surface area contributed by atoms with Crippen LogP contribution < -0.4 is 20.2 Å². The van der Waals surface area contributed by atoms with E-state index in [0.29, 0.717) is 27.2 Å². The summed E-state index contributed by atoms with van der Waals surface area (Å²) in [7, 11) is 1.50. The molecule has 0 aromatic heterocycles. The van der Waals surface area contributed by atoms with Crippen LogP contribution in [0.25, 0.3) is 0 Å². The number of esters is 1. The van der Waals surface area contributed by atoms with E-state index in [9.17, 15) is 4.79 Å². The maximum atomic E-state index is 12.4. The number of methoxy groups -OCH3 is 1. The Morgan fingerprint density at radius 3 is 2.55 bits per heavy atom. The van der Waals surface area contributed by atoms with Crippen molar-refractivity contribution < 1.29 is 14.3 Å². The van der Waals surface area contributed by atoms with Gasteiger partial charge in [-0.15, -0.1) is 0 Å². The van der Waals surface area contributed by atoms with Crippen LogP contribution in [0.4, 0.5) is 5.69 Å². The Balaban J connectivity index is 1.61. The molecule has 0 aliphatic carbocycles. The van der Waals surface area contributed by atoms with Gasteiger partial charge in [-0.1, -0.05) is 35.4 Å². The molecule has 158 valence electrons. The number of hydrogen-bond acceptors (Lipinski definition) is 5. The van der Waals surface area contributed by atoms with Gasteiger partial charge in [0.15, 0.2) is 16.6 Å². The van der Waals surface area contributed by atoms with Crippen molar-refractivity contribution in [1.82, 2.24) is 5.43 Å². The highest BCUT2D eigenvalue weighted by Gasteiger charge is 2.12. The molecule has 0 atom stereocenters. The van der Waals surface area contributed by atoms with E-state index < -0.39 is 5.97 Å². The molecule has 0 amide bonds. The van der Waals surface area contributed by atoms with Crippen molar-refractivity contribution in [3.8, 4) is 11.5 Å². The van der Waals surface area contributed by atoms with Crippen LogP contribution >= 0.6 is 23.8 Å². The zero-order chi connectivity index (χ0) is 22.2. The van der Waals surface area contributed by atoms with Crippen LogP contribution in [0, 0.1) is 6.92 Å². The molecule has 31 heavy (non-hydrogen) atoms. The van der Waals surface area contributed by atoms with Gasteiger partial charge in [-0.25, -0.2) is 4.79 Å². The first-order chi connectivity index (χ1) is 14.9. The van der Waals surface area contributed by atoms with E-state index in [4.69, 9.17) is 33.3 Å². The van der Waals surface area contributed by atoms with E-state index in [-0.39, 0.29) is 0 Å². The summed E-state index contributed by atoms with van der Waals surface area (Å²) >= 11 is 11.2. The predicted molar refractivity (Wildman–Crippen MR) is 128 cm³/mol. The van der Waals surface area contributed by atoms with Crippen LogP contribution in [0.15, 0.2) is 71.8 Å². The zero-order valence-electron chi connectivity index (χ0n) is 16.9. The van der Waals surface area contributed by atoms with Gasteiger partial charge < -0.3 is 14.8 Å². The molecule has 3 aromatic rings. The first kappa shape index (κ1) is 22.3. The molecule has 0 saturated carbocycles. The van der Waals surface area contributed by atoms with Gasteiger partial charge in [0.25, 0.3) is 0 Å². The second kappa shape index (κ2) is 10.6. The lowest BCUT2D eigenvalue weighted by Gasteiger charge is -2.10. The fourth-order valence-corrected chi connectivity index (χ4v) is 2.95. The summed E-state index contributed by atoms with van der Waals surface area (Å²) in [6.07, 6.45) is 1.57. The number of carbonyl (C=O) groups excluding carboxylic acids is 1. The molecule has 6 nitrogen and oxygen atoms in total. The standard InChI is InChI=1S/C23H20ClN3O3S/c1-15-6-9-17(10-7-15)22(28)30-20-11-8-16(12-21(20)29-2)14-25-27-23(31)26-19-5-3-4-18(24)13-19/h3-14H,1-2H3,(H2,26,27,31). The second-order valence-electron chi connectivity index (χ2n) is 6.50. The Kier molecular flexibility index (Phi) is 7.59. The van der Waals surface area contributed by atoms with E-state index >= 15 is 0 Å². The largest absolute Gasteiger partial charge is 0.493 e. The molecule has 0 bridgehead atoms. The number of thiocarbonyl (C=S) groups is 1. The van der Waals surface area contributed by atoms with Gasteiger partial charge in [0, 0.05) is 10.7 Å². The third-order valence-electron chi connectivity index (χ3n) is 4.14. The Morgan fingerprint density at radius 1 is 1.06 bits per heavy atom. The maximum absolute atomic E-state index is 12.4. The first-order valence-corrected chi connectivity index (χ1v) is 10.1. The van der Waals surface area contributed by atoms with Gasteiger partial charge >= 0.3 is 5.97 Å². The molecule has 0 radical (unpaired) electrons. The smallest absolute Gasteiger partial charge is 0.343 e. The molecule has 3 rings (SSSR count). The predicted octanol–water partition coefficient (Wildman–Crippen LogP) is 5.20. The van der Waals surface area contributed by atoms with Crippen LogP contribution in [0.2, 0.25) is 5.02 Å². The van der Waals surface area contributed by atoms with Crippen LogP contribution in [0.3, 0.4) is 0 Å². The lowest BCUT2D eigenvalue weighted by Crippen LogP contribution is -2.23. The van der Waals surface area contributed by atoms with E-state index in [2.05, 4.69) is 15.8 Å². The highest BCUT2D eigenvalue weighted by atomic mass is 35.5. The molecule has 0 saturated heterocycles. The number of benzene rings is 3. The SMILES string of the molecule is COc1cc(C=NNC(=S)Nc2cccc(Cl)c2)ccc1OC(=O)c1ccc(C)cc1. The van der Waals surface area contributed by atoms with E-state index in [0.717, 1.165) is 16.8 Å². The van der Waals surface area contributed by atoms with Gasteiger partial charge in [0.2, 0.25) is 0 Å². The Hall–Kier alpha value is -3.42. The fourth-order valence-electron chi connectivity index (χ4n) is 2.59. The van der Waals surface area contributed by atoms with Gasteiger partial charge in [0.1, 0.15) is 0 Å². The van der Waals surface area contributed by atoms with Gasteiger partial charge in [-0.05, 0) is 73.2 Å². The minimum absolute atomic E-state index is 0.314. The Morgan fingerprint density at radius 2 is 1.84 bits per heavy atom. The number of anilines is 1. The van der Waals surface area contributed by atoms with Crippen molar-refractivity contribution in [2.24, 2.45) is 5.10 Å². The Labute approximate surface area is 190 Å². The molecular formula is C23H20ClN3O3S. The number of halogens is 1.